The highest BCUT2D eigenvalue weighted by Crippen LogP contribution is 2.33. The van der Waals surface area contributed by atoms with Crippen LogP contribution in [-0.2, 0) is 0 Å². The van der Waals surface area contributed by atoms with E-state index >= 15 is 0 Å². The second kappa shape index (κ2) is 5.07. The second-order valence-corrected chi connectivity index (χ2v) is 5.50. The fraction of sp³-hybridized carbons (Fsp3) is 0. The minimum Gasteiger partial charge on any atom is -0.253 e. The van der Waals surface area contributed by atoms with Crippen LogP contribution >= 0.6 is 11.3 Å². The molecule has 0 saturated carbocycles. The summed E-state index contributed by atoms with van der Waals surface area (Å²) in [6.45, 7) is 0. The normalized spacial score (nSPS) is 10.9. The number of hydrogen-bond acceptors (Lipinski definition) is 4. The summed E-state index contributed by atoms with van der Waals surface area (Å²) in [5.74, 6) is 0.671. The van der Waals surface area contributed by atoms with Gasteiger partial charge in [-0.2, -0.15) is 0 Å². The Morgan fingerprint density at radius 2 is 1.71 bits per heavy atom. The summed E-state index contributed by atoms with van der Waals surface area (Å²) >= 11 is 1.64. The summed E-state index contributed by atoms with van der Waals surface area (Å²) in [4.78, 5) is 14.4. The first-order valence-corrected chi connectivity index (χ1v) is 7.51. The third kappa shape index (κ3) is 2.19. The van der Waals surface area contributed by atoms with Crippen LogP contribution in [0.4, 0.5) is 0 Å². The van der Waals surface area contributed by atoms with E-state index < -0.39 is 0 Å². The van der Waals surface area contributed by atoms with Crippen molar-refractivity contribution >= 4 is 21.6 Å². The fourth-order valence-electron chi connectivity index (χ4n) is 2.28. The summed E-state index contributed by atoms with van der Waals surface area (Å²) in [6.07, 6.45) is 3.65. The monoisotopic (exact) mass is 289 g/mol. The minimum absolute atomic E-state index is 0.671. The van der Waals surface area contributed by atoms with E-state index in [0.29, 0.717) is 5.82 Å². The molecule has 21 heavy (non-hydrogen) atoms. The maximum atomic E-state index is 4.64. The van der Waals surface area contributed by atoms with Crippen molar-refractivity contribution in [2.24, 2.45) is 0 Å². The van der Waals surface area contributed by atoms with Gasteiger partial charge in [0.1, 0.15) is 10.5 Å². The number of nitrogens with zero attached hydrogens (tertiary/aromatic N) is 3. The van der Waals surface area contributed by atoms with Gasteiger partial charge in [0.2, 0.25) is 0 Å². The lowest BCUT2D eigenvalue weighted by molar-refractivity contribution is 1.18. The molecule has 0 atom stereocenters. The molecule has 0 spiro atoms. The molecule has 0 saturated heterocycles. The van der Waals surface area contributed by atoms with Crippen molar-refractivity contribution < 1.29 is 0 Å². The summed E-state index contributed by atoms with van der Waals surface area (Å²) < 4.78 is 0. The smallest absolute Gasteiger partial charge is 0.179 e. The van der Waals surface area contributed by atoms with Crippen LogP contribution in [0.15, 0.2) is 66.3 Å². The number of aromatic nitrogens is 3. The lowest BCUT2D eigenvalue weighted by atomic mass is 10.1. The van der Waals surface area contributed by atoms with Crippen molar-refractivity contribution in [3.05, 3.63) is 66.3 Å². The van der Waals surface area contributed by atoms with E-state index in [1.807, 2.05) is 42.6 Å². The summed E-state index contributed by atoms with van der Waals surface area (Å²) in [7, 11) is 0. The minimum atomic E-state index is 0.671. The molecule has 0 aliphatic rings. The van der Waals surface area contributed by atoms with Crippen molar-refractivity contribution in [1.82, 2.24) is 15.0 Å². The molecule has 4 rings (SSSR count). The van der Waals surface area contributed by atoms with Crippen molar-refractivity contribution in [1.29, 1.82) is 0 Å². The predicted molar refractivity (Wildman–Crippen MR) is 86.1 cm³/mol. The fourth-order valence-corrected chi connectivity index (χ4v) is 3.20. The van der Waals surface area contributed by atoms with Crippen LogP contribution in [0.1, 0.15) is 0 Å². The first-order valence-electron chi connectivity index (χ1n) is 6.63. The third-order valence-electron chi connectivity index (χ3n) is 3.31. The SMILES string of the molecule is c1ccc(-c2csc3nc(-c4ccccn4)ncc23)cc1. The molecule has 0 radical (unpaired) electrons. The second-order valence-electron chi connectivity index (χ2n) is 4.64. The van der Waals surface area contributed by atoms with Crippen molar-refractivity contribution in [3.63, 3.8) is 0 Å². The van der Waals surface area contributed by atoms with Gasteiger partial charge in [-0.15, -0.1) is 11.3 Å². The first kappa shape index (κ1) is 12.2. The standard InChI is InChI=1S/C17H11N3S/c1-2-6-12(7-3-1)14-11-21-17-13(14)10-19-16(20-17)15-8-4-5-9-18-15/h1-11H. The number of pyridine rings is 1. The third-order valence-corrected chi connectivity index (χ3v) is 4.20. The lowest BCUT2D eigenvalue weighted by Crippen LogP contribution is -1.90. The Bertz CT molecular complexity index is 886. The molecule has 0 N–H and O–H groups in total. The Kier molecular flexibility index (Phi) is 2.94. The number of benzene rings is 1. The van der Waals surface area contributed by atoms with E-state index in [1.54, 1.807) is 17.5 Å². The zero-order valence-electron chi connectivity index (χ0n) is 11.1. The Morgan fingerprint density at radius 1 is 0.857 bits per heavy atom. The molecule has 100 valence electrons. The molecular formula is C17H11N3S. The highest BCUT2D eigenvalue weighted by atomic mass is 32.1. The largest absolute Gasteiger partial charge is 0.253 e. The number of thiophene rings is 1. The average molecular weight is 289 g/mol. The van der Waals surface area contributed by atoms with Gasteiger partial charge in [0.25, 0.3) is 0 Å². The molecule has 3 nitrogen and oxygen atoms in total. The Morgan fingerprint density at radius 3 is 2.52 bits per heavy atom. The lowest BCUT2D eigenvalue weighted by Gasteiger charge is -2.01. The van der Waals surface area contributed by atoms with Gasteiger partial charge < -0.3 is 0 Å². The van der Waals surface area contributed by atoms with Crippen LogP contribution in [-0.4, -0.2) is 15.0 Å². The molecule has 0 amide bonds. The van der Waals surface area contributed by atoms with Gasteiger partial charge in [-0.1, -0.05) is 36.4 Å². The van der Waals surface area contributed by atoms with Gasteiger partial charge >= 0.3 is 0 Å². The van der Waals surface area contributed by atoms with Gasteiger partial charge in [0.05, 0.1) is 0 Å². The summed E-state index contributed by atoms with van der Waals surface area (Å²) in [5.41, 5.74) is 3.18. The van der Waals surface area contributed by atoms with Crippen LogP contribution in [0.2, 0.25) is 0 Å². The average Bonchev–Trinajstić information content (AvgIpc) is 2.99. The first-order chi connectivity index (χ1) is 10.4. The predicted octanol–water partition coefficient (Wildman–Crippen LogP) is 4.42. The van der Waals surface area contributed by atoms with E-state index in [1.165, 1.54) is 11.1 Å². The van der Waals surface area contributed by atoms with Crippen molar-refractivity contribution in [2.45, 2.75) is 0 Å². The van der Waals surface area contributed by atoms with Crippen LogP contribution < -0.4 is 0 Å². The van der Waals surface area contributed by atoms with E-state index in [4.69, 9.17) is 0 Å². The van der Waals surface area contributed by atoms with Gasteiger partial charge in [-0.3, -0.25) is 4.98 Å². The maximum Gasteiger partial charge on any atom is 0.179 e. The molecule has 4 aromatic rings. The van der Waals surface area contributed by atoms with Crippen LogP contribution in [0.3, 0.4) is 0 Å². The molecule has 0 aliphatic carbocycles. The molecule has 3 aromatic heterocycles. The van der Waals surface area contributed by atoms with Crippen molar-refractivity contribution in [2.75, 3.05) is 0 Å². The molecule has 1 aromatic carbocycles. The molecule has 0 bridgehead atoms. The van der Waals surface area contributed by atoms with Gasteiger partial charge in [0, 0.05) is 28.7 Å². The molecule has 3 heterocycles. The maximum absolute atomic E-state index is 4.64. The summed E-state index contributed by atoms with van der Waals surface area (Å²) in [5, 5.41) is 3.22. The van der Waals surface area contributed by atoms with Gasteiger partial charge in [0.15, 0.2) is 5.82 Å². The summed E-state index contributed by atoms with van der Waals surface area (Å²) in [6, 6.07) is 16.1. The zero-order chi connectivity index (χ0) is 14.1. The van der Waals surface area contributed by atoms with Crippen LogP contribution in [0, 0.1) is 0 Å². The van der Waals surface area contributed by atoms with E-state index in [2.05, 4.69) is 32.5 Å². The molecule has 0 unspecified atom stereocenters. The molecule has 4 heteroatoms. The van der Waals surface area contributed by atoms with E-state index in [0.717, 1.165) is 15.9 Å². The van der Waals surface area contributed by atoms with Crippen molar-refractivity contribution in [3.8, 4) is 22.6 Å². The molecule has 0 aliphatic heterocycles. The van der Waals surface area contributed by atoms with E-state index in [-0.39, 0.29) is 0 Å². The quantitative estimate of drug-likeness (QED) is 0.548. The van der Waals surface area contributed by atoms with Crippen LogP contribution in [0.5, 0.6) is 0 Å². The van der Waals surface area contributed by atoms with Gasteiger partial charge in [-0.05, 0) is 17.7 Å². The Balaban J connectivity index is 1.85. The van der Waals surface area contributed by atoms with Crippen LogP contribution in [0.25, 0.3) is 32.9 Å². The number of rotatable bonds is 2. The highest BCUT2D eigenvalue weighted by molar-refractivity contribution is 7.17. The Labute approximate surface area is 126 Å². The number of fused-ring (bicyclic) bond motifs is 1. The van der Waals surface area contributed by atoms with E-state index in [9.17, 15) is 0 Å². The highest BCUT2D eigenvalue weighted by Gasteiger charge is 2.10. The van der Waals surface area contributed by atoms with Gasteiger partial charge in [-0.25, -0.2) is 9.97 Å². The number of hydrogen-bond donors (Lipinski definition) is 0. The molecule has 0 fully saturated rings. The zero-order valence-corrected chi connectivity index (χ0v) is 11.9. The Hall–Kier alpha value is -2.59. The molecular weight excluding hydrogens is 278 g/mol. The topological polar surface area (TPSA) is 38.7 Å².